The van der Waals surface area contributed by atoms with Crippen LogP contribution in [-0.2, 0) is 14.3 Å². The van der Waals surface area contributed by atoms with E-state index in [0.717, 1.165) is 11.1 Å². The van der Waals surface area contributed by atoms with Gasteiger partial charge in [0.1, 0.15) is 5.75 Å². The molecule has 1 aromatic rings. The smallest absolute Gasteiger partial charge is 0.459 e. The largest absolute Gasteiger partial charge is 0.460 e. The molecule has 0 aliphatic rings. The van der Waals surface area contributed by atoms with E-state index in [1.807, 2.05) is 0 Å². The maximum Gasteiger partial charge on any atom is 0.460 e. The number of benzene rings is 1. The summed E-state index contributed by atoms with van der Waals surface area (Å²) in [6.45, 7) is 0.988. The molecule has 0 N–H and O–H groups in total. The van der Waals surface area contributed by atoms with Crippen molar-refractivity contribution in [1.82, 2.24) is 0 Å². The lowest BCUT2D eigenvalue weighted by Gasteiger charge is -2.27. The summed E-state index contributed by atoms with van der Waals surface area (Å²) in [6, 6.07) is 4.83. The topological polar surface area (TPSA) is 52.6 Å². The molecule has 11 heteroatoms. The molecule has 4 nitrogen and oxygen atoms in total. The average Bonchev–Trinajstić information content (AvgIpc) is 2.48. The fourth-order valence-corrected chi connectivity index (χ4v) is 1.92. The lowest BCUT2D eigenvalue weighted by molar-refractivity contribution is -0.359. The van der Waals surface area contributed by atoms with Gasteiger partial charge in [-0.3, -0.25) is 9.59 Å². The first kappa shape index (κ1) is 22.7. The quantitative estimate of drug-likeness (QED) is 0.385. The van der Waals surface area contributed by atoms with Crippen LogP contribution in [0.1, 0.15) is 24.0 Å². The Kier molecular flexibility index (Phi) is 6.84. The fraction of sp³-hybridized carbons (Fsp3) is 0.500. The van der Waals surface area contributed by atoms with Gasteiger partial charge in [0.2, 0.25) is 0 Å². The maximum absolute atomic E-state index is 13.0. The average molecular weight is 404 g/mol. The molecule has 0 spiro atoms. The molecule has 0 saturated carbocycles. The summed E-state index contributed by atoms with van der Waals surface area (Å²) in [6.07, 6.45) is -8.00. The van der Waals surface area contributed by atoms with Crippen LogP contribution in [0, 0.1) is 13.8 Å². The number of aryl methyl sites for hydroxylation is 2. The molecule has 0 amide bonds. The number of esters is 2. The maximum atomic E-state index is 13.0. The van der Waals surface area contributed by atoms with Gasteiger partial charge in [-0.1, -0.05) is 6.07 Å². The summed E-state index contributed by atoms with van der Waals surface area (Å²) in [7, 11) is 0. The molecular weight excluding hydrogens is 389 g/mol. The molecule has 0 radical (unpaired) electrons. The summed E-state index contributed by atoms with van der Waals surface area (Å²) in [5.41, 5.74) is 1.56. The van der Waals surface area contributed by atoms with Crippen LogP contribution in [0.5, 0.6) is 5.75 Å². The second-order valence-electron chi connectivity index (χ2n) is 5.73. The zero-order valence-corrected chi connectivity index (χ0v) is 14.1. The van der Waals surface area contributed by atoms with Crippen molar-refractivity contribution in [2.75, 3.05) is 6.61 Å². The Bertz CT molecular complexity index is 678. The van der Waals surface area contributed by atoms with Crippen LogP contribution in [0.15, 0.2) is 18.2 Å². The number of hydrogen-bond donors (Lipinski definition) is 0. The highest BCUT2D eigenvalue weighted by molar-refractivity contribution is 5.79. The minimum atomic E-state index is -6.52. The Hall–Kier alpha value is -2.33. The molecule has 27 heavy (non-hydrogen) atoms. The number of alkyl halides is 7. The van der Waals surface area contributed by atoms with Crippen LogP contribution in [-0.4, -0.2) is 36.6 Å². The second kappa shape index (κ2) is 8.13. The van der Waals surface area contributed by atoms with Crippen LogP contribution in [0.2, 0.25) is 0 Å². The molecular formula is C16H15F7O4. The summed E-state index contributed by atoms with van der Waals surface area (Å²) in [5.74, 6) is -14.3. The van der Waals surface area contributed by atoms with Gasteiger partial charge in [-0.05, 0) is 37.1 Å². The first-order valence-corrected chi connectivity index (χ1v) is 7.42. The van der Waals surface area contributed by atoms with E-state index >= 15 is 0 Å². The third-order valence-corrected chi connectivity index (χ3v) is 3.19. The van der Waals surface area contributed by atoms with Gasteiger partial charge in [0, 0.05) is 0 Å². The van der Waals surface area contributed by atoms with E-state index in [1.165, 1.54) is 12.1 Å². The molecule has 0 unspecified atom stereocenters. The van der Waals surface area contributed by atoms with Crippen molar-refractivity contribution in [2.45, 2.75) is 44.7 Å². The molecule has 0 bridgehead atoms. The highest BCUT2D eigenvalue weighted by Gasteiger charge is 2.73. The summed E-state index contributed by atoms with van der Waals surface area (Å²) in [4.78, 5) is 22.8. The number of carbonyl (C=O) groups is 2. The summed E-state index contributed by atoms with van der Waals surface area (Å²) in [5, 5.41) is 0. The minimum Gasteiger partial charge on any atom is -0.459 e. The highest BCUT2D eigenvalue weighted by atomic mass is 19.4. The van der Waals surface area contributed by atoms with E-state index in [1.54, 1.807) is 19.9 Å². The zero-order valence-electron chi connectivity index (χ0n) is 14.1. The van der Waals surface area contributed by atoms with Crippen molar-refractivity contribution in [1.29, 1.82) is 0 Å². The van der Waals surface area contributed by atoms with Gasteiger partial charge >= 0.3 is 30.0 Å². The van der Waals surface area contributed by atoms with Crippen LogP contribution in [0.4, 0.5) is 30.7 Å². The lowest BCUT2D eigenvalue weighted by atomic mass is 10.1. The summed E-state index contributed by atoms with van der Waals surface area (Å²) < 4.78 is 95.7. The predicted molar refractivity (Wildman–Crippen MR) is 77.7 cm³/mol. The highest BCUT2D eigenvalue weighted by Crippen LogP contribution is 2.46. The molecule has 1 rings (SSSR count). The van der Waals surface area contributed by atoms with Gasteiger partial charge in [0.05, 0.1) is 12.8 Å². The molecule has 0 aromatic heterocycles. The number of rotatable bonds is 7. The van der Waals surface area contributed by atoms with Crippen LogP contribution in [0.25, 0.3) is 0 Å². The normalized spacial score (nSPS) is 12.6. The predicted octanol–water partition coefficient (Wildman–Crippen LogP) is 4.37. The van der Waals surface area contributed by atoms with Crippen molar-refractivity contribution in [3.05, 3.63) is 29.3 Å². The van der Waals surface area contributed by atoms with E-state index in [-0.39, 0.29) is 5.75 Å². The number of carbonyl (C=O) groups excluding carboxylic acids is 2. The van der Waals surface area contributed by atoms with Crippen molar-refractivity contribution >= 4 is 11.9 Å². The minimum absolute atomic E-state index is 0.169. The summed E-state index contributed by atoms with van der Waals surface area (Å²) >= 11 is 0. The van der Waals surface area contributed by atoms with Crippen molar-refractivity contribution in [2.24, 2.45) is 0 Å². The molecule has 0 saturated heterocycles. The zero-order chi connectivity index (χ0) is 21.0. The van der Waals surface area contributed by atoms with E-state index in [0.29, 0.717) is 0 Å². The molecule has 152 valence electrons. The van der Waals surface area contributed by atoms with E-state index in [9.17, 15) is 40.3 Å². The van der Waals surface area contributed by atoms with Crippen LogP contribution in [0.3, 0.4) is 0 Å². The van der Waals surface area contributed by atoms with Crippen LogP contribution < -0.4 is 4.74 Å². The Morgan fingerprint density at radius 1 is 0.852 bits per heavy atom. The third-order valence-electron chi connectivity index (χ3n) is 3.19. The van der Waals surface area contributed by atoms with Gasteiger partial charge in [0.15, 0.2) is 6.61 Å². The first-order chi connectivity index (χ1) is 12.2. The fourth-order valence-electron chi connectivity index (χ4n) is 1.92. The molecule has 0 fully saturated rings. The van der Waals surface area contributed by atoms with Crippen molar-refractivity contribution < 1.29 is 49.8 Å². The van der Waals surface area contributed by atoms with Gasteiger partial charge in [0.25, 0.3) is 0 Å². The van der Waals surface area contributed by atoms with Crippen LogP contribution >= 0.6 is 0 Å². The first-order valence-electron chi connectivity index (χ1n) is 7.42. The molecule has 0 aliphatic carbocycles. The number of hydrogen-bond acceptors (Lipinski definition) is 4. The lowest BCUT2D eigenvalue weighted by Crippen LogP contribution is -2.54. The van der Waals surface area contributed by atoms with E-state index in [2.05, 4.69) is 4.74 Å². The van der Waals surface area contributed by atoms with E-state index in [4.69, 9.17) is 4.74 Å². The molecule has 1 aromatic carbocycles. The molecule has 0 atom stereocenters. The third kappa shape index (κ3) is 6.10. The van der Waals surface area contributed by atoms with Crippen molar-refractivity contribution in [3.8, 4) is 5.75 Å². The van der Waals surface area contributed by atoms with E-state index < -0.39 is 49.4 Å². The van der Waals surface area contributed by atoms with Gasteiger partial charge < -0.3 is 9.47 Å². The Morgan fingerprint density at radius 2 is 1.33 bits per heavy atom. The van der Waals surface area contributed by atoms with Gasteiger partial charge in [-0.15, -0.1) is 0 Å². The Balaban J connectivity index is 2.52. The Morgan fingerprint density at radius 3 is 1.81 bits per heavy atom. The number of halogens is 7. The Labute approximate surface area is 149 Å². The molecule has 0 aliphatic heterocycles. The van der Waals surface area contributed by atoms with Crippen molar-refractivity contribution in [3.63, 3.8) is 0 Å². The van der Waals surface area contributed by atoms with Gasteiger partial charge in [-0.25, -0.2) is 0 Å². The monoisotopic (exact) mass is 404 g/mol. The van der Waals surface area contributed by atoms with Gasteiger partial charge in [-0.2, -0.15) is 30.7 Å². The molecule has 0 heterocycles. The second-order valence-corrected chi connectivity index (χ2v) is 5.73. The standard InChI is InChI=1S/C16H15F7O4/c1-9-5-10(2)7-11(6-9)27-13(25)4-3-12(24)26-8-14(17,18)15(19,20)16(21,22)23/h5-7H,3-4,8H2,1-2H3. The SMILES string of the molecule is Cc1cc(C)cc(OC(=O)CCC(=O)OCC(F)(F)C(F)(F)C(F)(F)F)c1. The number of ether oxygens (including phenoxy) is 2.